The Morgan fingerprint density at radius 1 is 1.06 bits per heavy atom. The van der Waals surface area contributed by atoms with Gasteiger partial charge in [0.1, 0.15) is 18.7 Å². The highest BCUT2D eigenvalue weighted by molar-refractivity contribution is 5.91. The second kappa shape index (κ2) is 10.4. The van der Waals surface area contributed by atoms with Crippen LogP contribution in [0, 0.1) is 5.92 Å². The van der Waals surface area contributed by atoms with Gasteiger partial charge >= 0.3 is 11.7 Å². The number of esters is 1. The van der Waals surface area contributed by atoms with Crippen molar-refractivity contribution >= 4 is 17.7 Å². The third-order valence-electron chi connectivity index (χ3n) is 5.63. The van der Waals surface area contributed by atoms with E-state index in [9.17, 15) is 14.4 Å². The lowest BCUT2D eigenvalue weighted by atomic mass is 10.0. The number of hydrogen-bond donors (Lipinski definition) is 1. The fourth-order valence-electron chi connectivity index (χ4n) is 3.67. The normalized spacial score (nSPS) is 17.5. The zero-order chi connectivity index (χ0) is 24.1. The molecule has 8 nitrogen and oxygen atoms in total. The van der Waals surface area contributed by atoms with E-state index in [-0.39, 0.29) is 30.4 Å². The summed E-state index contributed by atoms with van der Waals surface area (Å²) in [6, 6.07) is 18.8. The van der Waals surface area contributed by atoms with Gasteiger partial charge in [-0.25, -0.2) is 9.59 Å². The number of nitrogens with zero attached hydrogens (tertiary/aromatic N) is 2. The van der Waals surface area contributed by atoms with Gasteiger partial charge in [-0.1, -0.05) is 56.3 Å². The summed E-state index contributed by atoms with van der Waals surface area (Å²) in [5.41, 5.74) is 2.05. The predicted octanol–water partition coefficient (Wildman–Crippen LogP) is 4.04. The smallest absolute Gasteiger partial charge is 0.351 e. The number of carbonyl (C=O) groups excluding carboxylic acids is 2. The molecule has 2 heterocycles. The number of hydrogen-bond acceptors (Lipinski definition) is 6. The standard InChI is InChI=1S/C26H27N3O5/c1-17(2)24(30)27-22-14-15-29(26(32)28-22)23-13-12-21(34-23)16-33-25(31)20-10-8-19(9-11-20)18-6-4-3-5-7-18/h3-11,14-15,17,21,23H,12-13,16H2,1-2H3,(H,27,28,30,32)/t21-,23-/m0/s1. The maximum atomic E-state index is 12.5. The van der Waals surface area contributed by atoms with Gasteiger partial charge in [-0.2, -0.15) is 4.98 Å². The lowest BCUT2D eigenvalue weighted by Gasteiger charge is -2.16. The fraction of sp³-hybridized carbons (Fsp3) is 0.308. The van der Waals surface area contributed by atoms with Gasteiger partial charge in [0, 0.05) is 12.1 Å². The molecular formula is C26H27N3O5. The topological polar surface area (TPSA) is 99.5 Å². The molecule has 0 radical (unpaired) electrons. The average Bonchev–Trinajstić information content (AvgIpc) is 3.32. The zero-order valence-electron chi connectivity index (χ0n) is 19.1. The minimum Gasteiger partial charge on any atom is -0.459 e. The Kier molecular flexibility index (Phi) is 7.18. The van der Waals surface area contributed by atoms with Crippen LogP contribution in [0.15, 0.2) is 71.7 Å². The zero-order valence-corrected chi connectivity index (χ0v) is 19.1. The first kappa shape index (κ1) is 23.4. The number of anilines is 1. The van der Waals surface area contributed by atoms with Crippen LogP contribution in [0.3, 0.4) is 0 Å². The van der Waals surface area contributed by atoms with E-state index in [2.05, 4.69) is 10.3 Å². The molecule has 1 fully saturated rings. The third-order valence-corrected chi connectivity index (χ3v) is 5.63. The Balaban J connectivity index is 1.30. The molecule has 1 N–H and O–H groups in total. The Morgan fingerprint density at radius 3 is 2.44 bits per heavy atom. The molecule has 3 aromatic rings. The largest absolute Gasteiger partial charge is 0.459 e. The second-order valence-electron chi connectivity index (χ2n) is 8.48. The van der Waals surface area contributed by atoms with E-state index < -0.39 is 17.9 Å². The first-order valence-electron chi connectivity index (χ1n) is 11.3. The molecule has 1 amide bonds. The van der Waals surface area contributed by atoms with Crippen molar-refractivity contribution in [2.45, 2.75) is 39.0 Å². The van der Waals surface area contributed by atoms with Gasteiger partial charge in [-0.3, -0.25) is 9.36 Å². The molecule has 1 aliphatic rings. The number of benzene rings is 2. The summed E-state index contributed by atoms with van der Waals surface area (Å²) in [4.78, 5) is 40.6. The summed E-state index contributed by atoms with van der Waals surface area (Å²) < 4.78 is 12.7. The van der Waals surface area contributed by atoms with Gasteiger partial charge in [0.05, 0.1) is 11.7 Å². The number of carbonyl (C=O) groups is 2. The van der Waals surface area contributed by atoms with Crippen molar-refractivity contribution in [3.05, 3.63) is 82.9 Å². The number of ether oxygens (including phenoxy) is 2. The van der Waals surface area contributed by atoms with Crippen LogP contribution >= 0.6 is 0 Å². The number of rotatable bonds is 7. The first-order valence-corrected chi connectivity index (χ1v) is 11.3. The van der Waals surface area contributed by atoms with Crippen molar-refractivity contribution in [3.8, 4) is 11.1 Å². The minimum absolute atomic E-state index is 0.0977. The fourth-order valence-corrected chi connectivity index (χ4v) is 3.67. The monoisotopic (exact) mass is 461 g/mol. The molecule has 0 bridgehead atoms. The lowest BCUT2D eigenvalue weighted by Crippen LogP contribution is -2.29. The van der Waals surface area contributed by atoms with Crippen molar-refractivity contribution in [3.63, 3.8) is 0 Å². The minimum atomic E-state index is -0.511. The summed E-state index contributed by atoms with van der Waals surface area (Å²) in [5.74, 6) is -0.636. The van der Waals surface area contributed by atoms with Crippen molar-refractivity contribution in [1.82, 2.24) is 9.55 Å². The van der Waals surface area contributed by atoms with Gasteiger partial charge in [0.2, 0.25) is 5.91 Å². The Bertz CT molecular complexity index is 1210. The molecule has 0 aliphatic carbocycles. The quantitative estimate of drug-likeness (QED) is 0.533. The first-order chi connectivity index (χ1) is 16.4. The highest BCUT2D eigenvalue weighted by Gasteiger charge is 2.28. The highest BCUT2D eigenvalue weighted by Crippen LogP contribution is 2.27. The molecule has 0 unspecified atom stereocenters. The molecule has 4 rings (SSSR count). The maximum Gasteiger partial charge on any atom is 0.351 e. The summed E-state index contributed by atoms with van der Waals surface area (Å²) in [7, 11) is 0. The highest BCUT2D eigenvalue weighted by atomic mass is 16.6. The third kappa shape index (κ3) is 5.58. The van der Waals surface area contributed by atoms with Crippen molar-refractivity contribution in [2.75, 3.05) is 11.9 Å². The van der Waals surface area contributed by atoms with Crippen molar-refractivity contribution < 1.29 is 19.1 Å². The Morgan fingerprint density at radius 2 is 1.76 bits per heavy atom. The molecule has 176 valence electrons. The van der Waals surface area contributed by atoms with E-state index in [0.29, 0.717) is 18.4 Å². The summed E-state index contributed by atoms with van der Waals surface area (Å²) >= 11 is 0. The van der Waals surface area contributed by atoms with Crippen LogP contribution in [0.4, 0.5) is 5.82 Å². The Labute approximate surface area is 197 Å². The maximum absolute atomic E-state index is 12.5. The van der Waals surface area contributed by atoms with E-state index in [1.165, 1.54) is 4.57 Å². The molecule has 2 atom stereocenters. The van der Waals surface area contributed by atoms with Crippen LogP contribution in [0.25, 0.3) is 11.1 Å². The van der Waals surface area contributed by atoms with Crippen LogP contribution in [0.2, 0.25) is 0 Å². The van der Waals surface area contributed by atoms with Gasteiger partial charge in [-0.15, -0.1) is 0 Å². The van der Waals surface area contributed by atoms with Gasteiger partial charge in [0.15, 0.2) is 0 Å². The number of amides is 1. The Hall–Kier alpha value is -3.78. The molecule has 1 saturated heterocycles. The molecule has 34 heavy (non-hydrogen) atoms. The number of nitrogens with one attached hydrogen (secondary N) is 1. The summed E-state index contributed by atoms with van der Waals surface area (Å²) in [5, 5.41) is 2.61. The van der Waals surface area contributed by atoms with Crippen LogP contribution in [-0.4, -0.2) is 34.1 Å². The van der Waals surface area contributed by atoms with E-state index in [0.717, 1.165) is 11.1 Å². The van der Waals surface area contributed by atoms with Crippen molar-refractivity contribution in [2.24, 2.45) is 5.92 Å². The summed E-state index contributed by atoms with van der Waals surface area (Å²) in [6.07, 6.45) is 1.98. The van der Waals surface area contributed by atoms with Crippen LogP contribution in [0.1, 0.15) is 43.3 Å². The molecule has 0 spiro atoms. The molecule has 2 aromatic carbocycles. The second-order valence-corrected chi connectivity index (χ2v) is 8.48. The number of aromatic nitrogens is 2. The molecule has 8 heteroatoms. The van der Waals surface area contributed by atoms with E-state index in [1.54, 1.807) is 38.2 Å². The van der Waals surface area contributed by atoms with E-state index in [4.69, 9.17) is 9.47 Å². The molecule has 1 aliphatic heterocycles. The van der Waals surface area contributed by atoms with Crippen LogP contribution in [-0.2, 0) is 14.3 Å². The predicted molar refractivity (Wildman–Crippen MR) is 127 cm³/mol. The lowest BCUT2D eigenvalue weighted by molar-refractivity contribution is -0.118. The van der Waals surface area contributed by atoms with E-state index >= 15 is 0 Å². The van der Waals surface area contributed by atoms with Gasteiger partial charge in [0.25, 0.3) is 0 Å². The summed E-state index contributed by atoms with van der Waals surface area (Å²) in [6.45, 7) is 3.62. The van der Waals surface area contributed by atoms with E-state index in [1.807, 2.05) is 42.5 Å². The average molecular weight is 462 g/mol. The van der Waals surface area contributed by atoms with Gasteiger partial charge < -0.3 is 14.8 Å². The molecular weight excluding hydrogens is 434 g/mol. The van der Waals surface area contributed by atoms with Gasteiger partial charge in [-0.05, 0) is 42.2 Å². The van der Waals surface area contributed by atoms with Crippen LogP contribution in [0.5, 0.6) is 0 Å². The molecule has 1 aromatic heterocycles. The van der Waals surface area contributed by atoms with Crippen molar-refractivity contribution in [1.29, 1.82) is 0 Å². The van der Waals surface area contributed by atoms with Crippen LogP contribution < -0.4 is 11.0 Å². The SMILES string of the molecule is CC(C)C(=O)Nc1ccn([C@@H]2CC[C@@H](COC(=O)c3ccc(-c4ccccc4)cc3)O2)c(=O)n1. The molecule has 0 saturated carbocycles.